The maximum atomic E-state index is 13.3. The van der Waals surface area contributed by atoms with Crippen LogP contribution in [0.25, 0.3) is 0 Å². The van der Waals surface area contributed by atoms with E-state index in [-0.39, 0.29) is 24.4 Å². The van der Waals surface area contributed by atoms with Crippen molar-refractivity contribution in [2.75, 3.05) is 26.8 Å². The predicted octanol–water partition coefficient (Wildman–Crippen LogP) is 2.20. The summed E-state index contributed by atoms with van der Waals surface area (Å²) in [5.41, 5.74) is 1.42. The molecule has 0 spiro atoms. The van der Waals surface area contributed by atoms with Crippen LogP contribution in [0.5, 0.6) is 0 Å². The molecule has 1 aromatic carbocycles. The molecule has 0 fully saturated rings. The molecule has 0 radical (unpaired) electrons. The molecule has 5 nitrogen and oxygen atoms in total. The number of hydrogen-bond acceptors (Lipinski definition) is 4. The van der Waals surface area contributed by atoms with Crippen LogP contribution in [0.15, 0.2) is 29.4 Å². The van der Waals surface area contributed by atoms with E-state index in [2.05, 4.69) is 5.16 Å². The highest BCUT2D eigenvalue weighted by Gasteiger charge is 2.26. The minimum absolute atomic E-state index is 0.0599. The molecule has 0 N–H and O–H groups in total. The lowest BCUT2D eigenvalue weighted by molar-refractivity contribution is -0.136. The number of nitrogens with zero attached hydrogens (tertiary/aromatic N) is 2. The van der Waals surface area contributed by atoms with E-state index >= 15 is 0 Å². The Hall–Kier alpha value is -1.95. The van der Waals surface area contributed by atoms with E-state index < -0.39 is 0 Å². The van der Waals surface area contributed by atoms with Gasteiger partial charge < -0.3 is 14.5 Å². The summed E-state index contributed by atoms with van der Waals surface area (Å²) in [6.45, 7) is 3.18. The summed E-state index contributed by atoms with van der Waals surface area (Å²) >= 11 is 0. The summed E-state index contributed by atoms with van der Waals surface area (Å²) in [6, 6.07) is 6.27. The van der Waals surface area contributed by atoms with Gasteiger partial charge in [0.25, 0.3) is 0 Å². The Morgan fingerprint density at radius 3 is 3.05 bits per heavy atom. The van der Waals surface area contributed by atoms with Crippen LogP contribution in [-0.2, 0) is 14.4 Å². The normalized spacial score (nSPS) is 17.0. The standard InChI is InChI=1S/C16H21FN2O3/c1-3-7-19(16(20)11-21-2)10-14-9-15(18-22-14)12-5-4-6-13(17)8-12/h4-6,8,14H,3,7,9-11H2,1-2H3/t14-/m0/s1. The molecule has 0 bridgehead atoms. The van der Waals surface area contributed by atoms with Gasteiger partial charge in [0.1, 0.15) is 12.4 Å². The van der Waals surface area contributed by atoms with Crippen LogP contribution < -0.4 is 0 Å². The van der Waals surface area contributed by atoms with Crippen molar-refractivity contribution in [3.05, 3.63) is 35.6 Å². The van der Waals surface area contributed by atoms with Crippen LogP contribution in [0, 0.1) is 5.82 Å². The van der Waals surface area contributed by atoms with E-state index in [1.165, 1.54) is 19.2 Å². The fraction of sp³-hybridized carbons (Fsp3) is 0.500. The van der Waals surface area contributed by atoms with Crippen LogP contribution in [0.1, 0.15) is 25.3 Å². The van der Waals surface area contributed by atoms with Gasteiger partial charge in [0.2, 0.25) is 5.91 Å². The quantitative estimate of drug-likeness (QED) is 0.776. The summed E-state index contributed by atoms with van der Waals surface area (Å²) < 4.78 is 18.2. The second kappa shape index (κ2) is 7.89. The van der Waals surface area contributed by atoms with Crippen molar-refractivity contribution in [1.82, 2.24) is 4.90 Å². The second-order valence-corrected chi connectivity index (χ2v) is 5.25. The largest absolute Gasteiger partial charge is 0.390 e. The third kappa shape index (κ3) is 4.27. The van der Waals surface area contributed by atoms with Crippen molar-refractivity contribution < 1.29 is 18.8 Å². The first-order chi connectivity index (χ1) is 10.6. The highest BCUT2D eigenvalue weighted by atomic mass is 19.1. The summed E-state index contributed by atoms with van der Waals surface area (Å²) in [7, 11) is 1.50. The first-order valence-electron chi connectivity index (χ1n) is 7.39. The number of halogens is 1. The summed E-state index contributed by atoms with van der Waals surface area (Å²) in [5.74, 6) is -0.362. The summed E-state index contributed by atoms with van der Waals surface area (Å²) in [5, 5.41) is 4.03. The number of carbonyl (C=O) groups excluding carboxylic acids is 1. The smallest absolute Gasteiger partial charge is 0.248 e. The Bertz CT molecular complexity index is 548. The van der Waals surface area contributed by atoms with Gasteiger partial charge in [-0.1, -0.05) is 24.2 Å². The third-order valence-corrected chi connectivity index (χ3v) is 3.43. The van der Waals surface area contributed by atoms with Gasteiger partial charge >= 0.3 is 0 Å². The SMILES string of the molecule is CCCN(C[C@@H]1CC(c2cccc(F)c2)=NO1)C(=O)COC. The van der Waals surface area contributed by atoms with E-state index in [4.69, 9.17) is 9.57 Å². The van der Waals surface area contributed by atoms with Gasteiger partial charge in [-0.2, -0.15) is 0 Å². The highest BCUT2D eigenvalue weighted by molar-refractivity contribution is 6.01. The number of carbonyl (C=O) groups is 1. The van der Waals surface area contributed by atoms with Crippen LogP contribution in [0.4, 0.5) is 4.39 Å². The molecule has 1 amide bonds. The third-order valence-electron chi connectivity index (χ3n) is 3.43. The van der Waals surface area contributed by atoms with Crippen LogP contribution >= 0.6 is 0 Å². The summed E-state index contributed by atoms with van der Waals surface area (Å²) in [6.07, 6.45) is 1.22. The van der Waals surface area contributed by atoms with Gasteiger partial charge in [0.05, 0.1) is 12.3 Å². The molecule has 22 heavy (non-hydrogen) atoms. The minimum Gasteiger partial charge on any atom is -0.390 e. The maximum Gasteiger partial charge on any atom is 0.248 e. The molecule has 1 atom stereocenters. The molecule has 0 unspecified atom stereocenters. The van der Waals surface area contributed by atoms with Gasteiger partial charge in [0.15, 0.2) is 6.10 Å². The van der Waals surface area contributed by atoms with Gasteiger partial charge in [-0.15, -0.1) is 0 Å². The van der Waals surface area contributed by atoms with Crippen LogP contribution in [0.3, 0.4) is 0 Å². The lowest BCUT2D eigenvalue weighted by Gasteiger charge is -2.24. The molecule has 120 valence electrons. The number of ether oxygens (including phenoxy) is 1. The van der Waals surface area contributed by atoms with Crippen molar-refractivity contribution in [2.45, 2.75) is 25.9 Å². The Labute approximate surface area is 129 Å². The molecule has 1 heterocycles. The molecular formula is C16H21FN2O3. The molecule has 6 heteroatoms. The average molecular weight is 308 g/mol. The van der Waals surface area contributed by atoms with Crippen molar-refractivity contribution in [2.24, 2.45) is 5.16 Å². The Morgan fingerprint density at radius 1 is 1.55 bits per heavy atom. The van der Waals surface area contributed by atoms with Gasteiger partial charge in [-0.3, -0.25) is 4.79 Å². The number of benzene rings is 1. The zero-order chi connectivity index (χ0) is 15.9. The highest BCUT2D eigenvalue weighted by Crippen LogP contribution is 2.18. The van der Waals surface area contributed by atoms with Crippen LogP contribution in [0.2, 0.25) is 0 Å². The first-order valence-corrected chi connectivity index (χ1v) is 7.39. The van der Waals surface area contributed by atoms with E-state index in [0.29, 0.717) is 30.8 Å². The average Bonchev–Trinajstić information content (AvgIpc) is 2.96. The number of rotatable bonds is 7. The maximum absolute atomic E-state index is 13.3. The Kier molecular flexibility index (Phi) is 5.89. The fourth-order valence-corrected chi connectivity index (χ4v) is 2.41. The molecule has 0 saturated carbocycles. The minimum atomic E-state index is -0.300. The van der Waals surface area contributed by atoms with E-state index in [0.717, 1.165) is 6.42 Å². The van der Waals surface area contributed by atoms with Gasteiger partial charge in [-0.25, -0.2) is 4.39 Å². The molecule has 1 aliphatic rings. The molecule has 0 aromatic heterocycles. The topological polar surface area (TPSA) is 51.1 Å². The van der Waals surface area contributed by atoms with Crippen LogP contribution in [-0.4, -0.2) is 49.4 Å². The first kappa shape index (κ1) is 16.4. The Balaban J connectivity index is 1.94. The number of oxime groups is 1. The zero-order valence-corrected chi connectivity index (χ0v) is 12.9. The summed E-state index contributed by atoms with van der Waals surface area (Å²) in [4.78, 5) is 19.1. The van der Waals surface area contributed by atoms with Crippen molar-refractivity contribution in [1.29, 1.82) is 0 Å². The van der Waals surface area contributed by atoms with E-state index in [9.17, 15) is 9.18 Å². The predicted molar refractivity (Wildman–Crippen MR) is 81.2 cm³/mol. The molecule has 0 saturated heterocycles. The molecular weight excluding hydrogens is 287 g/mol. The molecule has 1 aromatic rings. The molecule has 1 aliphatic heterocycles. The van der Waals surface area contributed by atoms with E-state index in [1.54, 1.807) is 17.0 Å². The Morgan fingerprint density at radius 2 is 2.36 bits per heavy atom. The van der Waals surface area contributed by atoms with Crippen molar-refractivity contribution in [3.8, 4) is 0 Å². The zero-order valence-electron chi connectivity index (χ0n) is 12.9. The molecule has 2 rings (SSSR count). The lowest BCUT2D eigenvalue weighted by Crippen LogP contribution is -2.40. The van der Waals surface area contributed by atoms with Gasteiger partial charge in [0, 0.05) is 25.6 Å². The number of methoxy groups -OCH3 is 1. The lowest BCUT2D eigenvalue weighted by atomic mass is 10.0. The van der Waals surface area contributed by atoms with Gasteiger partial charge in [-0.05, 0) is 18.6 Å². The van der Waals surface area contributed by atoms with Crippen molar-refractivity contribution in [3.63, 3.8) is 0 Å². The monoisotopic (exact) mass is 308 g/mol. The second-order valence-electron chi connectivity index (χ2n) is 5.25. The van der Waals surface area contributed by atoms with Crippen molar-refractivity contribution >= 4 is 11.6 Å². The number of hydrogen-bond donors (Lipinski definition) is 0. The molecule has 0 aliphatic carbocycles. The van der Waals surface area contributed by atoms with E-state index in [1.807, 2.05) is 6.92 Å². The fourth-order valence-electron chi connectivity index (χ4n) is 2.41. The number of amides is 1.